The first-order valence-corrected chi connectivity index (χ1v) is 47.6. The molecule has 7 atom stereocenters. The number of rotatable bonds is 87. The molecular weight excluding hydrogens is 1330 g/mol. The summed E-state index contributed by atoms with van der Waals surface area (Å²) in [6.45, 7) is 20.1. The molecule has 0 saturated heterocycles. The molecule has 7 unspecified atom stereocenters. The third-order valence-electron chi connectivity index (χ3n) is 24.0. The van der Waals surface area contributed by atoms with Crippen molar-refractivity contribution in [3.8, 4) is 0 Å². The summed E-state index contributed by atoms with van der Waals surface area (Å²) in [6, 6.07) is 0.966. The monoisotopic (exact) mass is 1520 g/mol. The van der Waals surface area contributed by atoms with E-state index in [1.54, 1.807) is 0 Å². The minimum Gasteiger partial charge on any atom is -0.465 e. The number of likely N-dealkylation sites (N-methyl/N-ethyl adjacent to an activating group) is 1. The van der Waals surface area contributed by atoms with Gasteiger partial charge in [-0.25, -0.2) is 0 Å². The fourth-order valence-electron chi connectivity index (χ4n) is 16.4. The van der Waals surface area contributed by atoms with Crippen LogP contribution in [0.25, 0.3) is 0 Å². The van der Waals surface area contributed by atoms with Crippen molar-refractivity contribution in [2.75, 3.05) is 66.8 Å². The highest BCUT2D eigenvalue weighted by Gasteiger charge is 2.23. The number of hydrogen-bond acceptors (Lipinski definition) is 12. The van der Waals surface area contributed by atoms with Crippen LogP contribution < -0.4 is 0 Å². The summed E-state index contributed by atoms with van der Waals surface area (Å²) in [6.07, 6.45) is 76.8. The lowest BCUT2D eigenvalue weighted by Gasteiger charge is -2.28. The molecule has 0 aromatic heterocycles. The number of carbonyl (C=O) groups excluding carboxylic acids is 4. The first-order valence-electron chi connectivity index (χ1n) is 47.6. The lowest BCUT2D eigenvalue weighted by Crippen LogP contribution is -2.34. The largest absolute Gasteiger partial charge is 0.465 e. The van der Waals surface area contributed by atoms with Crippen LogP contribution in [-0.4, -0.2) is 123 Å². The number of unbranched alkanes of at least 4 members (excludes halogenated alkanes) is 37. The topological polar surface area (TPSA) is 152 Å². The van der Waals surface area contributed by atoms with Crippen molar-refractivity contribution in [1.82, 2.24) is 9.80 Å². The van der Waals surface area contributed by atoms with Crippen LogP contribution in [0.15, 0.2) is 0 Å². The van der Waals surface area contributed by atoms with Crippen molar-refractivity contribution >= 4 is 23.9 Å². The van der Waals surface area contributed by atoms with Crippen LogP contribution in [0.3, 0.4) is 0 Å². The first kappa shape index (κ1) is 105. The van der Waals surface area contributed by atoms with Gasteiger partial charge < -0.3 is 39.0 Å². The Labute approximate surface area is 665 Å². The van der Waals surface area contributed by atoms with Crippen LogP contribution in [0.4, 0.5) is 0 Å². The predicted octanol–water partition coefficient (Wildman–Crippen LogP) is 27.1. The van der Waals surface area contributed by atoms with Gasteiger partial charge in [-0.1, -0.05) is 357 Å². The summed E-state index contributed by atoms with van der Waals surface area (Å²) >= 11 is 0. The zero-order valence-electron chi connectivity index (χ0n) is 73.1. The lowest BCUT2D eigenvalue weighted by molar-refractivity contribution is -0.150. The van der Waals surface area contributed by atoms with Gasteiger partial charge in [0.15, 0.2) is 0 Å². The van der Waals surface area contributed by atoms with Crippen LogP contribution in [0, 0.1) is 29.6 Å². The third kappa shape index (κ3) is 67.9. The number of ether oxygens (including phenoxy) is 4. The van der Waals surface area contributed by atoms with Gasteiger partial charge in [0.1, 0.15) is 0 Å². The van der Waals surface area contributed by atoms with Gasteiger partial charge in [0.2, 0.25) is 0 Å². The number of hydrogen-bond donors (Lipinski definition) is 2. The summed E-state index contributed by atoms with van der Waals surface area (Å²) in [4.78, 5) is 57.4. The van der Waals surface area contributed by atoms with E-state index in [9.17, 15) is 29.4 Å². The van der Waals surface area contributed by atoms with Gasteiger partial charge in [-0.05, 0) is 141 Å². The van der Waals surface area contributed by atoms with Gasteiger partial charge in [-0.2, -0.15) is 0 Å². The fourth-order valence-corrected chi connectivity index (χ4v) is 16.4. The van der Waals surface area contributed by atoms with Crippen LogP contribution in [-0.2, 0) is 38.1 Å². The summed E-state index contributed by atoms with van der Waals surface area (Å²) < 4.78 is 23.8. The number of nitrogens with zero attached hydrogens (tertiary/aromatic N) is 2. The Morgan fingerprint density at radius 1 is 0.262 bits per heavy atom. The van der Waals surface area contributed by atoms with Crippen molar-refractivity contribution in [2.24, 2.45) is 29.6 Å². The van der Waals surface area contributed by atoms with Crippen LogP contribution >= 0.6 is 0 Å². The molecule has 0 spiro atoms. The van der Waals surface area contributed by atoms with E-state index in [4.69, 9.17) is 18.9 Å². The van der Waals surface area contributed by atoms with E-state index in [2.05, 4.69) is 72.4 Å². The zero-order chi connectivity index (χ0) is 78.4. The Morgan fingerprint density at radius 2 is 0.533 bits per heavy atom. The maximum atomic E-state index is 13.6. The predicted molar refractivity (Wildman–Crippen MR) is 457 cm³/mol. The molecule has 0 bridgehead atoms. The van der Waals surface area contributed by atoms with Gasteiger partial charge in [-0.15, -0.1) is 0 Å². The van der Waals surface area contributed by atoms with Gasteiger partial charge in [0.25, 0.3) is 0 Å². The fraction of sp³-hybridized carbons (Fsp3) is 0.958. The van der Waals surface area contributed by atoms with E-state index in [0.29, 0.717) is 75.7 Å². The SMILES string of the molecule is CCCCCCCCC(CCCCCC)COC(=O)CCCCCC(CCCCCC(=O)OCC(CCCCCCCC)CCCC(CC)CCCCC(CCCCCC)C(=O)OCCCCCCCCCC(CCCCCCCCCOC(=O)C(CCCC)CCCCCC)N(C)CCCO)N(C)CCO. The summed E-state index contributed by atoms with van der Waals surface area (Å²) in [5.74, 6) is 1.72. The van der Waals surface area contributed by atoms with Gasteiger partial charge in [0.05, 0.1) is 44.9 Å². The standard InChI is InChI=1S/C95H186N2O10/c1-10-17-23-28-36-45-63-86(62-44-25-19-12-3)83-106-92(100)75-53-42-51-73-91(97(9)78-80-99)74-52-43-54-76-93(101)107-84-87(64-46-37-29-24-18-11-2)66-59-65-85(16-7)61-55-56-70-89(69-48-27-21-14-5)95(103)105-82-58-41-35-31-33-39-50-72-90(96(8)77-60-79-98)71-49-38-32-30-34-40-57-81-104-94(102)88(67-22-15-6)68-47-26-20-13-4/h85-91,98-99H,10-84H2,1-9H3. The molecule has 12 heteroatoms. The van der Waals surface area contributed by atoms with E-state index >= 15 is 0 Å². The molecular formula is C95H186N2O10. The van der Waals surface area contributed by atoms with Gasteiger partial charge >= 0.3 is 23.9 Å². The van der Waals surface area contributed by atoms with E-state index in [-0.39, 0.29) is 48.9 Å². The van der Waals surface area contributed by atoms with E-state index in [0.717, 1.165) is 161 Å². The number of esters is 4. The summed E-state index contributed by atoms with van der Waals surface area (Å²) in [5.41, 5.74) is 0. The Bertz CT molecular complexity index is 1870. The molecule has 0 saturated carbocycles. The normalized spacial score (nSPS) is 13.8. The molecule has 0 heterocycles. The highest BCUT2D eigenvalue weighted by atomic mass is 16.5. The Hall–Kier alpha value is -2.28. The number of carbonyl (C=O) groups is 4. The lowest BCUT2D eigenvalue weighted by atomic mass is 9.88. The Kier molecular flexibility index (Phi) is 80.0. The molecule has 636 valence electrons. The van der Waals surface area contributed by atoms with Crippen LogP contribution in [0.1, 0.15) is 479 Å². The molecule has 0 aliphatic rings. The maximum absolute atomic E-state index is 13.6. The maximum Gasteiger partial charge on any atom is 0.308 e. The average Bonchev–Trinajstić information content (AvgIpc) is 1.05. The quantitative estimate of drug-likeness (QED) is 0.0339. The van der Waals surface area contributed by atoms with E-state index in [1.807, 2.05) is 0 Å². The van der Waals surface area contributed by atoms with E-state index in [1.165, 1.54) is 263 Å². The first-order chi connectivity index (χ1) is 52.4. The Morgan fingerprint density at radius 3 is 0.897 bits per heavy atom. The molecule has 0 aromatic carbocycles. The third-order valence-corrected chi connectivity index (χ3v) is 24.0. The minimum atomic E-state index is -0.0460. The molecule has 107 heavy (non-hydrogen) atoms. The highest BCUT2D eigenvalue weighted by molar-refractivity contribution is 5.73. The van der Waals surface area contributed by atoms with E-state index < -0.39 is 0 Å². The average molecular weight is 1520 g/mol. The smallest absolute Gasteiger partial charge is 0.308 e. The Balaban J connectivity index is 4.87. The molecule has 2 N–H and O–H groups in total. The van der Waals surface area contributed by atoms with Crippen LogP contribution in [0.5, 0.6) is 0 Å². The summed E-state index contributed by atoms with van der Waals surface area (Å²) in [7, 11) is 4.38. The highest BCUT2D eigenvalue weighted by Crippen LogP contribution is 2.29. The van der Waals surface area contributed by atoms with Crippen molar-refractivity contribution in [3.63, 3.8) is 0 Å². The van der Waals surface area contributed by atoms with Gasteiger partial charge in [0, 0.05) is 44.6 Å². The summed E-state index contributed by atoms with van der Waals surface area (Å²) in [5, 5.41) is 19.4. The number of aliphatic hydroxyl groups excluding tert-OH is 2. The number of aliphatic hydroxyl groups is 2. The second-order valence-corrected chi connectivity index (χ2v) is 33.9. The molecule has 12 nitrogen and oxygen atoms in total. The second-order valence-electron chi connectivity index (χ2n) is 33.9. The molecule has 0 aliphatic heterocycles. The van der Waals surface area contributed by atoms with Crippen molar-refractivity contribution in [3.05, 3.63) is 0 Å². The molecule has 0 rings (SSSR count). The molecule has 0 fully saturated rings. The van der Waals surface area contributed by atoms with Crippen molar-refractivity contribution < 1.29 is 48.3 Å². The van der Waals surface area contributed by atoms with Crippen molar-refractivity contribution in [1.29, 1.82) is 0 Å². The molecule has 0 amide bonds. The second kappa shape index (κ2) is 81.7. The molecule has 0 radical (unpaired) electrons. The zero-order valence-corrected chi connectivity index (χ0v) is 73.1. The van der Waals surface area contributed by atoms with Crippen molar-refractivity contribution in [2.45, 2.75) is 491 Å². The molecule has 0 aromatic rings. The van der Waals surface area contributed by atoms with Gasteiger partial charge in [-0.3, -0.25) is 19.2 Å². The molecule has 0 aliphatic carbocycles. The minimum absolute atomic E-state index is 0.0174. The van der Waals surface area contributed by atoms with Crippen LogP contribution in [0.2, 0.25) is 0 Å².